The highest BCUT2D eigenvalue weighted by molar-refractivity contribution is 5.98. The van der Waals surface area contributed by atoms with E-state index in [1.165, 1.54) is 0 Å². The summed E-state index contributed by atoms with van der Waals surface area (Å²) < 4.78 is 5.38. The third kappa shape index (κ3) is 2.17. The van der Waals surface area contributed by atoms with Gasteiger partial charge in [-0.15, -0.1) is 6.58 Å². The normalized spacial score (nSPS) is 16.1. The average molecular weight is 232 g/mol. The maximum Gasteiger partial charge on any atom is 0.265 e. The number of rotatable bonds is 3. The molecule has 0 bridgehead atoms. The summed E-state index contributed by atoms with van der Waals surface area (Å²) >= 11 is 0. The summed E-state index contributed by atoms with van der Waals surface area (Å²) in [6, 6.07) is 5.62. The average Bonchev–Trinajstić information content (AvgIpc) is 2.32. The van der Waals surface area contributed by atoms with E-state index in [4.69, 9.17) is 10.5 Å². The van der Waals surface area contributed by atoms with Crippen LogP contribution < -0.4 is 15.4 Å². The molecule has 0 saturated heterocycles. The molecule has 0 fully saturated rings. The van der Waals surface area contributed by atoms with Crippen LogP contribution in [-0.2, 0) is 4.79 Å². The molecule has 0 aliphatic carbocycles. The van der Waals surface area contributed by atoms with E-state index in [2.05, 4.69) is 6.58 Å². The van der Waals surface area contributed by atoms with Crippen molar-refractivity contribution in [1.82, 2.24) is 0 Å². The number of fused-ring (bicyclic) bond motifs is 1. The van der Waals surface area contributed by atoms with E-state index in [0.717, 1.165) is 17.0 Å². The van der Waals surface area contributed by atoms with Crippen LogP contribution in [0.3, 0.4) is 0 Å². The minimum Gasteiger partial charge on any atom is -0.482 e. The first kappa shape index (κ1) is 11.7. The Morgan fingerprint density at radius 1 is 1.65 bits per heavy atom. The van der Waals surface area contributed by atoms with Crippen molar-refractivity contribution >= 4 is 11.6 Å². The van der Waals surface area contributed by atoms with E-state index in [0.29, 0.717) is 6.54 Å². The Morgan fingerprint density at radius 3 is 3.06 bits per heavy atom. The summed E-state index contributed by atoms with van der Waals surface area (Å²) in [4.78, 5) is 13.4. The fourth-order valence-electron chi connectivity index (χ4n) is 1.83. The molecular weight excluding hydrogens is 216 g/mol. The van der Waals surface area contributed by atoms with Gasteiger partial charge in [0.25, 0.3) is 5.91 Å². The van der Waals surface area contributed by atoms with Crippen molar-refractivity contribution in [2.75, 3.05) is 18.1 Å². The number of nitrogens with two attached hydrogens (primary N) is 1. The van der Waals surface area contributed by atoms with E-state index in [9.17, 15) is 4.79 Å². The Morgan fingerprint density at radius 2 is 2.41 bits per heavy atom. The highest BCUT2D eigenvalue weighted by Gasteiger charge is 2.24. The summed E-state index contributed by atoms with van der Waals surface area (Å²) in [6.07, 6.45) is 1.70. The summed E-state index contributed by atoms with van der Waals surface area (Å²) in [5.41, 5.74) is 7.59. The van der Waals surface area contributed by atoms with Gasteiger partial charge in [0.05, 0.1) is 5.69 Å². The molecule has 1 aliphatic rings. The van der Waals surface area contributed by atoms with Crippen LogP contribution in [0.5, 0.6) is 5.75 Å². The molecule has 4 nitrogen and oxygen atoms in total. The second-order valence-corrected chi connectivity index (χ2v) is 4.10. The molecule has 90 valence electrons. The number of nitrogens with zero attached hydrogens (tertiary/aromatic N) is 1. The predicted octanol–water partition coefficient (Wildman–Crippen LogP) is 1.62. The van der Waals surface area contributed by atoms with E-state index < -0.39 is 0 Å². The minimum atomic E-state index is -0.0668. The number of carbonyl (C=O) groups excluding carboxylic acids is 1. The molecular formula is C13H16N2O2. The smallest absolute Gasteiger partial charge is 0.265 e. The number of anilines is 1. The maximum atomic E-state index is 11.8. The maximum absolute atomic E-state index is 11.8. The van der Waals surface area contributed by atoms with Crippen molar-refractivity contribution < 1.29 is 9.53 Å². The number of carbonyl (C=O) groups is 1. The molecule has 1 unspecified atom stereocenters. The Bertz CT molecular complexity index is 455. The summed E-state index contributed by atoms with van der Waals surface area (Å²) in [6.45, 7) is 6.13. The van der Waals surface area contributed by atoms with E-state index in [-0.39, 0.29) is 18.6 Å². The van der Waals surface area contributed by atoms with E-state index >= 15 is 0 Å². The molecule has 0 spiro atoms. The van der Waals surface area contributed by atoms with Gasteiger partial charge in [-0.2, -0.15) is 0 Å². The van der Waals surface area contributed by atoms with E-state index in [1.807, 2.05) is 25.1 Å². The fraction of sp³-hybridized carbons (Fsp3) is 0.308. The molecule has 1 aromatic rings. The van der Waals surface area contributed by atoms with Gasteiger partial charge in [-0.1, -0.05) is 12.1 Å². The largest absolute Gasteiger partial charge is 0.482 e. The number of hydrogen-bond donors (Lipinski definition) is 1. The first-order valence-corrected chi connectivity index (χ1v) is 5.57. The Hall–Kier alpha value is -1.81. The highest BCUT2D eigenvalue weighted by atomic mass is 16.5. The standard InChI is InChI=1S/C13H16N2O2/c1-3-6-15-11-7-10(9(2)14)4-5-12(11)17-8-13(15)16/h3-5,7,9H,1,6,8,14H2,2H3. The van der Waals surface area contributed by atoms with Crippen molar-refractivity contribution in [3.63, 3.8) is 0 Å². The highest BCUT2D eigenvalue weighted by Crippen LogP contribution is 2.33. The zero-order chi connectivity index (χ0) is 12.4. The van der Waals surface area contributed by atoms with Crippen LogP contribution >= 0.6 is 0 Å². The second-order valence-electron chi connectivity index (χ2n) is 4.10. The summed E-state index contributed by atoms with van der Waals surface area (Å²) in [7, 11) is 0. The van der Waals surface area contributed by atoms with Crippen LogP contribution in [0.1, 0.15) is 18.5 Å². The van der Waals surface area contributed by atoms with Gasteiger partial charge in [0.2, 0.25) is 0 Å². The van der Waals surface area contributed by atoms with Crippen molar-refractivity contribution in [2.24, 2.45) is 5.73 Å². The third-order valence-electron chi connectivity index (χ3n) is 2.76. The lowest BCUT2D eigenvalue weighted by Gasteiger charge is -2.29. The lowest BCUT2D eigenvalue weighted by molar-refractivity contribution is -0.121. The number of ether oxygens (including phenoxy) is 1. The number of hydrogen-bond acceptors (Lipinski definition) is 3. The van der Waals surface area contributed by atoms with Crippen LogP contribution in [-0.4, -0.2) is 19.1 Å². The second kappa shape index (κ2) is 4.59. The molecule has 1 aromatic carbocycles. The first-order chi connectivity index (χ1) is 8.13. The van der Waals surface area contributed by atoms with Crippen molar-refractivity contribution in [2.45, 2.75) is 13.0 Å². The van der Waals surface area contributed by atoms with Gasteiger partial charge < -0.3 is 15.4 Å². The van der Waals surface area contributed by atoms with Gasteiger partial charge in [-0.25, -0.2) is 0 Å². The topological polar surface area (TPSA) is 55.6 Å². The van der Waals surface area contributed by atoms with Crippen molar-refractivity contribution in [3.05, 3.63) is 36.4 Å². The monoisotopic (exact) mass is 232 g/mol. The molecule has 0 aromatic heterocycles. The zero-order valence-electron chi connectivity index (χ0n) is 9.85. The van der Waals surface area contributed by atoms with Gasteiger partial charge in [-0.05, 0) is 24.6 Å². The molecule has 1 amide bonds. The molecule has 1 atom stereocenters. The first-order valence-electron chi connectivity index (χ1n) is 5.57. The van der Waals surface area contributed by atoms with Crippen molar-refractivity contribution in [3.8, 4) is 5.75 Å². The van der Waals surface area contributed by atoms with Crippen LogP contribution in [0, 0.1) is 0 Å². The molecule has 17 heavy (non-hydrogen) atoms. The van der Waals surface area contributed by atoms with Gasteiger partial charge in [0, 0.05) is 12.6 Å². The minimum absolute atomic E-state index is 0.0563. The molecule has 1 aliphatic heterocycles. The Kier molecular flexibility index (Phi) is 3.15. The Balaban J connectivity index is 2.44. The third-order valence-corrected chi connectivity index (χ3v) is 2.76. The van der Waals surface area contributed by atoms with Gasteiger partial charge in [0.15, 0.2) is 6.61 Å². The number of benzene rings is 1. The SMILES string of the molecule is C=CCN1C(=O)COc2ccc(C(C)N)cc21. The molecule has 1 heterocycles. The van der Waals surface area contributed by atoms with Gasteiger partial charge in [-0.3, -0.25) is 4.79 Å². The Labute approximate surface area is 101 Å². The lowest BCUT2D eigenvalue weighted by atomic mass is 10.1. The van der Waals surface area contributed by atoms with Crippen LogP contribution in [0.4, 0.5) is 5.69 Å². The molecule has 0 saturated carbocycles. The molecule has 0 radical (unpaired) electrons. The molecule has 4 heteroatoms. The quantitative estimate of drug-likeness (QED) is 0.806. The predicted molar refractivity (Wildman–Crippen MR) is 67.1 cm³/mol. The van der Waals surface area contributed by atoms with E-state index in [1.54, 1.807) is 11.0 Å². The van der Waals surface area contributed by atoms with Crippen molar-refractivity contribution in [1.29, 1.82) is 0 Å². The van der Waals surface area contributed by atoms with Gasteiger partial charge >= 0.3 is 0 Å². The van der Waals surface area contributed by atoms with Crippen LogP contribution in [0.2, 0.25) is 0 Å². The zero-order valence-corrected chi connectivity index (χ0v) is 9.85. The molecule has 2 N–H and O–H groups in total. The summed E-state index contributed by atoms with van der Waals surface area (Å²) in [5.74, 6) is 0.662. The molecule has 2 rings (SSSR count). The summed E-state index contributed by atoms with van der Waals surface area (Å²) in [5, 5.41) is 0. The fourth-order valence-corrected chi connectivity index (χ4v) is 1.83. The van der Waals surface area contributed by atoms with Gasteiger partial charge in [0.1, 0.15) is 5.75 Å². The van der Waals surface area contributed by atoms with Crippen LogP contribution in [0.25, 0.3) is 0 Å². The van der Waals surface area contributed by atoms with Crippen LogP contribution in [0.15, 0.2) is 30.9 Å². The number of amides is 1. The lowest BCUT2D eigenvalue weighted by Crippen LogP contribution is -2.38.